The Kier molecular flexibility index (Phi) is 13.8. The molecule has 1 aliphatic heterocycles. The molecule has 4 aromatic rings. The number of H-pyrrole nitrogens is 1. The van der Waals surface area contributed by atoms with Crippen molar-refractivity contribution < 1.29 is 59.4 Å². The smallest absolute Gasteiger partial charge is 0.475 e. The van der Waals surface area contributed by atoms with Crippen LogP contribution in [0.5, 0.6) is 0 Å². The van der Waals surface area contributed by atoms with Gasteiger partial charge in [-0.25, -0.2) is 23.0 Å². The highest BCUT2D eigenvalue weighted by Crippen LogP contribution is 2.37. The van der Waals surface area contributed by atoms with Gasteiger partial charge in [-0.15, -0.1) is 22.7 Å². The Morgan fingerprint density at radius 2 is 1.57 bits per heavy atom. The molecule has 13 nitrogen and oxygen atoms in total. The third kappa shape index (κ3) is 12.1. The number of aromatic nitrogens is 2. The molecule has 1 amide bonds. The first-order chi connectivity index (χ1) is 25.1. The molecule has 0 unspecified atom stereocenters. The van der Waals surface area contributed by atoms with Gasteiger partial charge in [0.05, 0.1) is 23.4 Å². The zero-order valence-electron chi connectivity index (χ0n) is 28.7. The number of hydrogen-bond acceptors (Lipinski definition) is 10. The molecule has 54 heavy (non-hydrogen) atoms. The number of aliphatic carboxylic acids is 2. The van der Waals surface area contributed by atoms with Gasteiger partial charge in [0, 0.05) is 63.3 Å². The summed E-state index contributed by atoms with van der Waals surface area (Å²) in [6.45, 7) is 4.87. The number of hydrogen-bond donors (Lipinski definition) is 4. The highest BCUT2D eigenvalue weighted by Gasteiger charge is 2.39. The number of carbonyl (C=O) groups excluding carboxylic acids is 1. The predicted octanol–water partition coefficient (Wildman–Crippen LogP) is 5.58. The Balaban J connectivity index is 0.000000396. The number of para-hydroxylation sites is 1. The fourth-order valence-electron chi connectivity index (χ4n) is 5.05. The van der Waals surface area contributed by atoms with E-state index in [9.17, 15) is 39.6 Å². The molecule has 2 fully saturated rings. The normalized spacial score (nSPS) is 15.5. The monoisotopic (exact) mass is 826 g/mol. The number of nitrogens with zero attached hydrogens (tertiary/aromatic N) is 4. The summed E-state index contributed by atoms with van der Waals surface area (Å²) in [5.74, 6) is -4.76. The third-order valence-corrected chi connectivity index (χ3v) is 12.0. The summed E-state index contributed by atoms with van der Waals surface area (Å²) in [7, 11) is -0.0984. The Bertz CT molecular complexity index is 2010. The van der Waals surface area contributed by atoms with E-state index < -0.39 is 34.3 Å². The maximum absolute atomic E-state index is 13.3. The number of carbonyl (C=O) groups is 3. The zero-order chi connectivity index (χ0) is 40.0. The number of aromatic amines is 1. The van der Waals surface area contributed by atoms with Crippen LogP contribution in [0.15, 0.2) is 46.1 Å². The van der Waals surface area contributed by atoms with Crippen LogP contribution in [0.3, 0.4) is 0 Å². The number of likely N-dealkylation sites (N-methyl/N-ethyl adjacent to an activating group) is 1. The number of thiazole rings is 1. The van der Waals surface area contributed by atoms with E-state index in [2.05, 4.69) is 24.5 Å². The van der Waals surface area contributed by atoms with Crippen molar-refractivity contribution in [3.8, 4) is 10.7 Å². The highest BCUT2D eigenvalue weighted by molar-refractivity contribution is 7.94. The van der Waals surface area contributed by atoms with Crippen molar-refractivity contribution in [2.75, 3.05) is 51.5 Å². The molecule has 296 valence electrons. The van der Waals surface area contributed by atoms with Crippen LogP contribution in [0.1, 0.15) is 23.3 Å². The Morgan fingerprint density at radius 1 is 0.981 bits per heavy atom. The molecule has 0 radical (unpaired) electrons. The van der Waals surface area contributed by atoms with Crippen molar-refractivity contribution >= 4 is 67.1 Å². The summed E-state index contributed by atoms with van der Waals surface area (Å²) < 4.78 is 93.4. The first-order valence-corrected chi connectivity index (χ1v) is 19.2. The van der Waals surface area contributed by atoms with Gasteiger partial charge < -0.3 is 20.1 Å². The molecular formula is C32H36F6N6O7S3. The summed E-state index contributed by atoms with van der Waals surface area (Å²) in [6, 6.07) is 9.62. The lowest BCUT2D eigenvalue weighted by atomic mass is 10.2. The molecule has 1 saturated carbocycles. The molecule has 0 bridgehead atoms. The molecule has 1 aliphatic carbocycles. The van der Waals surface area contributed by atoms with E-state index in [4.69, 9.17) is 19.8 Å². The summed E-state index contributed by atoms with van der Waals surface area (Å²) >= 11 is 2.93. The minimum Gasteiger partial charge on any atom is -0.475 e. The number of sulfonamides is 1. The maximum Gasteiger partial charge on any atom is 0.490 e. The number of carboxylic acid groups (broad SMARTS) is 2. The van der Waals surface area contributed by atoms with E-state index in [0.717, 1.165) is 66.3 Å². The van der Waals surface area contributed by atoms with Crippen molar-refractivity contribution in [3.05, 3.63) is 52.3 Å². The average Bonchev–Trinajstić information content (AvgIpc) is 3.41. The number of amides is 1. The molecule has 1 saturated heterocycles. The van der Waals surface area contributed by atoms with Gasteiger partial charge in [-0.1, -0.05) is 12.1 Å². The van der Waals surface area contributed by atoms with E-state index in [1.807, 2.05) is 35.8 Å². The summed E-state index contributed by atoms with van der Waals surface area (Å²) in [5, 5.41) is 17.9. The van der Waals surface area contributed by atoms with Crippen molar-refractivity contribution in [1.29, 1.82) is 0 Å². The van der Waals surface area contributed by atoms with Crippen LogP contribution in [0.4, 0.5) is 32.0 Å². The Labute approximate surface area is 313 Å². The summed E-state index contributed by atoms with van der Waals surface area (Å²) in [4.78, 5) is 45.3. The molecule has 1 aromatic carbocycles. The van der Waals surface area contributed by atoms with Crippen LogP contribution in [0.2, 0.25) is 0 Å². The van der Waals surface area contributed by atoms with E-state index in [1.165, 1.54) is 29.1 Å². The van der Waals surface area contributed by atoms with Crippen LogP contribution in [0, 0.1) is 5.92 Å². The topological polar surface area (TPSA) is 176 Å². The van der Waals surface area contributed by atoms with Crippen LogP contribution < -0.4 is 4.72 Å². The van der Waals surface area contributed by atoms with E-state index in [1.54, 1.807) is 36.4 Å². The lowest BCUT2D eigenvalue weighted by Crippen LogP contribution is -2.48. The average molecular weight is 827 g/mol. The van der Waals surface area contributed by atoms with E-state index >= 15 is 0 Å². The van der Waals surface area contributed by atoms with Gasteiger partial charge in [-0.3, -0.25) is 19.3 Å². The van der Waals surface area contributed by atoms with Gasteiger partial charge in [0.15, 0.2) is 0 Å². The molecule has 22 heteroatoms. The standard InChI is InChI=1S/C28H34N6O3S3.2C2HF3O2/c1-32(2)25(35)18-34-11-9-33(10-12-34)17-22-16-29-27(39-22)24-15-20-4-3-5-23(26(20)30-24)31-40(36,37)28-21(8-13-38-28)14-19-6-7-19;2*3-2(4,5)1(6)7/h3-5,8,13,15-16,19,30-31H,6-7,9-12,14,17-18H2,1-2H3;2*(H,6,7). The van der Waals surface area contributed by atoms with Gasteiger partial charge in [0.1, 0.15) is 9.22 Å². The second-order valence-electron chi connectivity index (χ2n) is 12.5. The molecule has 4 heterocycles. The van der Waals surface area contributed by atoms with E-state index in [-0.39, 0.29) is 5.91 Å². The van der Waals surface area contributed by atoms with Crippen molar-refractivity contribution in [2.45, 2.75) is 42.4 Å². The molecule has 4 N–H and O–H groups in total. The predicted molar refractivity (Wildman–Crippen MR) is 189 cm³/mol. The molecular weight excluding hydrogens is 791 g/mol. The number of halogens is 6. The van der Waals surface area contributed by atoms with Crippen LogP contribution in [0.25, 0.3) is 21.6 Å². The third-order valence-electron chi connectivity index (χ3n) is 8.03. The summed E-state index contributed by atoms with van der Waals surface area (Å²) in [5.41, 5.74) is 3.08. The maximum atomic E-state index is 13.3. The van der Waals surface area contributed by atoms with Crippen molar-refractivity contribution in [1.82, 2.24) is 24.7 Å². The molecule has 3 aromatic heterocycles. The fraction of sp³-hybridized carbons (Fsp3) is 0.438. The minimum absolute atomic E-state index is 0.139. The number of carboxylic acids is 2. The van der Waals surface area contributed by atoms with Crippen LogP contribution in [-0.2, 0) is 37.4 Å². The van der Waals surface area contributed by atoms with Gasteiger partial charge in [0.2, 0.25) is 5.91 Å². The number of rotatable bonds is 10. The largest absolute Gasteiger partial charge is 0.490 e. The van der Waals surface area contributed by atoms with Gasteiger partial charge in [0.25, 0.3) is 10.0 Å². The van der Waals surface area contributed by atoms with Crippen molar-refractivity contribution in [2.24, 2.45) is 5.92 Å². The second-order valence-corrected chi connectivity index (χ2v) is 16.4. The molecule has 0 spiro atoms. The number of anilines is 1. The van der Waals surface area contributed by atoms with Crippen LogP contribution >= 0.6 is 22.7 Å². The molecule has 0 atom stereocenters. The molecule has 6 rings (SSSR count). The van der Waals surface area contributed by atoms with Gasteiger partial charge in [-0.05, 0) is 54.3 Å². The fourth-order valence-corrected chi connectivity index (χ4v) is 8.49. The number of alkyl halides is 6. The SMILES string of the molecule is CN(C)C(=O)CN1CCN(Cc2cnc(-c3cc4cccc(NS(=O)(=O)c5sccc5CC5CC5)c4[nH]3)s2)CC1.O=C(O)C(F)(F)F.O=C(O)C(F)(F)F. The van der Waals surface area contributed by atoms with Crippen LogP contribution in [-0.4, -0.2) is 120 Å². The van der Waals surface area contributed by atoms with Gasteiger partial charge in [-0.2, -0.15) is 26.3 Å². The van der Waals surface area contributed by atoms with Gasteiger partial charge >= 0.3 is 24.3 Å². The first kappa shape index (κ1) is 42.5. The number of piperazine rings is 1. The second kappa shape index (κ2) is 17.5. The van der Waals surface area contributed by atoms with E-state index in [0.29, 0.717) is 22.4 Å². The number of benzene rings is 1. The zero-order valence-corrected chi connectivity index (χ0v) is 31.1. The lowest BCUT2D eigenvalue weighted by Gasteiger charge is -2.34. The van der Waals surface area contributed by atoms with Crippen molar-refractivity contribution in [3.63, 3.8) is 0 Å². The number of nitrogens with one attached hydrogen (secondary N) is 2. The lowest BCUT2D eigenvalue weighted by molar-refractivity contribution is -0.193. The molecule has 2 aliphatic rings. The Hall–Kier alpha value is -4.25. The minimum atomic E-state index is -5.08. The Morgan fingerprint density at radius 3 is 2.13 bits per heavy atom. The quantitative estimate of drug-likeness (QED) is 0.148. The number of fused-ring (bicyclic) bond motifs is 1. The summed E-state index contributed by atoms with van der Waals surface area (Å²) in [6.07, 6.45) is -5.05. The number of thiophene rings is 1. The highest BCUT2D eigenvalue weighted by atomic mass is 32.2. The first-order valence-electron chi connectivity index (χ1n) is 16.0.